The van der Waals surface area contributed by atoms with Gasteiger partial charge in [0.2, 0.25) is 0 Å². The molecule has 1 rings (SSSR count). The summed E-state index contributed by atoms with van der Waals surface area (Å²) in [5, 5.41) is 12.7. The maximum Gasteiger partial charge on any atom is 0.0763 e. The second kappa shape index (κ2) is 4.52. The molecular formula is C9H17NO. The Morgan fingerprint density at radius 2 is 2.45 bits per heavy atom. The van der Waals surface area contributed by atoms with Crippen LogP contribution in [-0.4, -0.2) is 23.8 Å². The van der Waals surface area contributed by atoms with Crippen LogP contribution >= 0.6 is 0 Å². The molecule has 2 unspecified atom stereocenters. The topological polar surface area (TPSA) is 32.3 Å². The molecule has 2 atom stereocenters. The van der Waals surface area contributed by atoms with Gasteiger partial charge in [-0.3, -0.25) is 0 Å². The monoisotopic (exact) mass is 155 g/mol. The maximum absolute atomic E-state index is 9.36. The second-order valence-electron chi connectivity index (χ2n) is 3.06. The molecule has 0 aromatic rings. The predicted molar refractivity (Wildman–Crippen MR) is 46.5 cm³/mol. The zero-order chi connectivity index (χ0) is 8.10. The summed E-state index contributed by atoms with van der Waals surface area (Å²) in [4.78, 5) is 0. The van der Waals surface area contributed by atoms with Crippen LogP contribution in [-0.2, 0) is 0 Å². The van der Waals surface area contributed by atoms with Gasteiger partial charge in [-0.25, -0.2) is 0 Å². The standard InChI is InChI=1S/C9H17NO/c1-2-3-7-10-8-5-4-6-9(8)11/h4-5,8-11H,2-3,6-7H2,1H3. The Balaban J connectivity index is 2.10. The van der Waals surface area contributed by atoms with E-state index in [1.807, 2.05) is 6.08 Å². The molecule has 2 N–H and O–H groups in total. The minimum atomic E-state index is -0.188. The van der Waals surface area contributed by atoms with Gasteiger partial charge in [0.1, 0.15) is 0 Å². The summed E-state index contributed by atoms with van der Waals surface area (Å²) in [6.07, 6.45) is 7.11. The lowest BCUT2D eigenvalue weighted by Crippen LogP contribution is -2.35. The quantitative estimate of drug-likeness (QED) is 0.470. The van der Waals surface area contributed by atoms with Crippen molar-refractivity contribution in [1.82, 2.24) is 5.32 Å². The predicted octanol–water partition coefficient (Wildman–Crippen LogP) is 1.07. The van der Waals surface area contributed by atoms with Crippen molar-refractivity contribution in [1.29, 1.82) is 0 Å². The highest BCUT2D eigenvalue weighted by Crippen LogP contribution is 2.09. The van der Waals surface area contributed by atoms with Gasteiger partial charge in [-0.05, 0) is 19.4 Å². The Morgan fingerprint density at radius 1 is 1.64 bits per heavy atom. The molecule has 11 heavy (non-hydrogen) atoms. The lowest BCUT2D eigenvalue weighted by molar-refractivity contribution is 0.158. The highest BCUT2D eigenvalue weighted by molar-refractivity contribution is 5.06. The van der Waals surface area contributed by atoms with E-state index >= 15 is 0 Å². The smallest absolute Gasteiger partial charge is 0.0763 e. The third-order valence-electron chi connectivity index (χ3n) is 2.05. The number of nitrogens with one attached hydrogen (secondary N) is 1. The molecule has 0 saturated heterocycles. The SMILES string of the molecule is CCCCNC1C=CCC1O. The van der Waals surface area contributed by atoms with E-state index in [2.05, 4.69) is 18.3 Å². The Labute approximate surface area is 68.3 Å². The van der Waals surface area contributed by atoms with E-state index in [9.17, 15) is 5.11 Å². The lowest BCUT2D eigenvalue weighted by atomic mass is 10.2. The van der Waals surface area contributed by atoms with E-state index in [0.29, 0.717) is 0 Å². The molecule has 0 saturated carbocycles. The van der Waals surface area contributed by atoms with Crippen molar-refractivity contribution >= 4 is 0 Å². The number of aliphatic hydroxyl groups is 1. The van der Waals surface area contributed by atoms with E-state index in [1.165, 1.54) is 12.8 Å². The van der Waals surface area contributed by atoms with Crippen LogP contribution in [0.3, 0.4) is 0 Å². The Kier molecular flexibility index (Phi) is 3.60. The highest BCUT2D eigenvalue weighted by Gasteiger charge is 2.18. The maximum atomic E-state index is 9.36. The van der Waals surface area contributed by atoms with Gasteiger partial charge in [0.15, 0.2) is 0 Å². The average Bonchev–Trinajstić information content (AvgIpc) is 2.37. The van der Waals surface area contributed by atoms with Crippen molar-refractivity contribution in [3.8, 4) is 0 Å². The van der Waals surface area contributed by atoms with E-state index in [-0.39, 0.29) is 12.1 Å². The molecule has 0 bridgehead atoms. The normalized spacial score (nSPS) is 29.6. The first-order valence-corrected chi connectivity index (χ1v) is 4.42. The zero-order valence-electron chi connectivity index (χ0n) is 7.09. The molecule has 1 aliphatic carbocycles. The number of rotatable bonds is 4. The first-order valence-electron chi connectivity index (χ1n) is 4.42. The van der Waals surface area contributed by atoms with Gasteiger partial charge >= 0.3 is 0 Å². The largest absolute Gasteiger partial charge is 0.391 e. The molecular weight excluding hydrogens is 138 g/mol. The van der Waals surface area contributed by atoms with Gasteiger partial charge in [0.05, 0.1) is 12.1 Å². The lowest BCUT2D eigenvalue weighted by Gasteiger charge is -2.14. The van der Waals surface area contributed by atoms with Gasteiger partial charge in [-0.15, -0.1) is 0 Å². The van der Waals surface area contributed by atoms with Crippen molar-refractivity contribution < 1.29 is 5.11 Å². The Morgan fingerprint density at radius 3 is 3.00 bits per heavy atom. The van der Waals surface area contributed by atoms with E-state index in [4.69, 9.17) is 0 Å². The van der Waals surface area contributed by atoms with Crippen LogP contribution in [0.2, 0.25) is 0 Å². The number of hydrogen-bond acceptors (Lipinski definition) is 2. The fourth-order valence-corrected chi connectivity index (χ4v) is 1.29. The van der Waals surface area contributed by atoms with Crippen LogP contribution in [0.15, 0.2) is 12.2 Å². The summed E-state index contributed by atoms with van der Waals surface area (Å²) >= 11 is 0. The summed E-state index contributed by atoms with van der Waals surface area (Å²) in [5.74, 6) is 0. The molecule has 0 spiro atoms. The molecule has 0 fully saturated rings. The summed E-state index contributed by atoms with van der Waals surface area (Å²) in [7, 11) is 0. The van der Waals surface area contributed by atoms with E-state index in [1.54, 1.807) is 0 Å². The molecule has 0 aliphatic heterocycles. The molecule has 2 heteroatoms. The minimum absolute atomic E-state index is 0.188. The third-order valence-corrected chi connectivity index (χ3v) is 2.05. The molecule has 2 nitrogen and oxygen atoms in total. The van der Waals surface area contributed by atoms with Gasteiger partial charge < -0.3 is 10.4 Å². The van der Waals surface area contributed by atoms with Crippen molar-refractivity contribution in [2.75, 3.05) is 6.54 Å². The minimum Gasteiger partial charge on any atom is -0.391 e. The van der Waals surface area contributed by atoms with Crippen molar-refractivity contribution in [2.45, 2.75) is 38.3 Å². The third kappa shape index (κ3) is 2.64. The number of aliphatic hydroxyl groups excluding tert-OH is 1. The van der Waals surface area contributed by atoms with Gasteiger partial charge in [-0.2, -0.15) is 0 Å². The Hall–Kier alpha value is -0.340. The molecule has 0 heterocycles. The van der Waals surface area contributed by atoms with E-state index in [0.717, 1.165) is 13.0 Å². The summed E-state index contributed by atoms with van der Waals surface area (Å²) < 4.78 is 0. The van der Waals surface area contributed by atoms with Crippen LogP contribution < -0.4 is 5.32 Å². The van der Waals surface area contributed by atoms with Crippen molar-refractivity contribution in [3.05, 3.63) is 12.2 Å². The molecule has 0 amide bonds. The molecule has 0 aromatic heterocycles. The van der Waals surface area contributed by atoms with Gasteiger partial charge in [-0.1, -0.05) is 25.5 Å². The summed E-state index contributed by atoms with van der Waals surface area (Å²) in [6.45, 7) is 3.19. The van der Waals surface area contributed by atoms with Crippen molar-refractivity contribution in [3.63, 3.8) is 0 Å². The average molecular weight is 155 g/mol. The number of unbranched alkanes of at least 4 members (excludes halogenated alkanes) is 1. The molecule has 64 valence electrons. The number of hydrogen-bond donors (Lipinski definition) is 2. The van der Waals surface area contributed by atoms with Crippen LogP contribution in [0.1, 0.15) is 26.2 Å². The zero-order valence-corrected chi connectivity index (χ0v) is 7.09. The van der Waals surface area contributed by atoms with Gasteiger partial charge in [0.25, 0.3) is 0 Å². The molecule has 0 aromatic carbocycles. The molecule has 1 aliphatic rings. The van der Waals surface area contributed by atoms with Crippen molar-refractivity contribution in [2.24, 2.45) is 0 Å². The second-order valence-corrected chi connectivity index (χ2v) is 3.06. The summed E-state index contributed by atoms with van der Waals surface area (Å²) in [6, 6.07) is 0.210. The van der Waals surface area contributed by atoms with Crippen LogP contribution in [0, 0.1) is 0 Å². The van der Waals surface area contributed by atoms with Crippen LogP contribution in [0.4, 0.5) is 0 Å². The van der Waals surface area contributed by atoms with Crippen LogP contribution in [0.25, 0.3) is 0 Å². The van der Waals surface area contributed by atoms with Gasteiger partial charge in [0, 0.05) is 0 Å². The Bertz CT molecular complexity index is 134. The fraction of sp³-hybridized carbons (Fsp3) is 0.778. The summed E-state index contributed by atoms with van der Waals surface area (Å²) in [5.41, 5.74) is 0. The first kappa shape index (κ1) is 8.75. The highest BCUT2D eigenvalue weighted by atomic mass is 16.3. The van der Waals surface area contributed by atoms with E-state index < -0.39 is 0 Å². The van der Waals surface area contributed by atoms with Crippen LogP contribution in [0.5, 0.6) is 0 Å². The molecule has 0 radical (unpaired) electrons. The first-order chi connectivity index (χ1) is 5.34. The fourth-order valence-electron chi connectivity index (χ4n) is 1.29.